The minimum Gasteiger partial charge on any atom is -0.481 e. The van der Waals surface area contributed by atoms with Crippen molar-refractivity contribution < 1.29 is 9.90 Å². The number of nitrogens with zero attached hydrogens (tertiary/aromatic N) is 3. The van der Waals surface area contributed by atoms with Gasteiger partial charge in [-0.25, -0.2) is 9.97 Å². The number of carbonyl (C=O) groups is 1. The third kappa shape index (κ3) is 2.48. The van der Waals surface area contributed by atoms with Gasteiger partial charge in [-0.05, 0) is 35.2 Å². The maximum atomic E-state index is 11.3. The van der Waals surface area contributed by atoms with E-state index >= 15 is 0 Å². The largest absolute Gasteiger partial charge is 0.481 e. The molecule has 5 nitrogen and oxygen atoms in total. The van der Waals surface area contributed by atoms with Gasteiger partial charge in [-0.15, -0.1) is 0 Å². The highest BCUT2D eigenvalue weighted by Gasteiger charge is 2.40. The van der Waals surface area contributed by atoms with Crippen LogP contribution in [0, 0.1) is 5.41 Å². The lowest BCUT2D eigenvalue weighted by molar-refractivity contribution is -0.150. The number of piperidine rings is 1. The third-order valence-corrected chi connectivity index (χ3v) is 4.15. The number of rotatable bonds is 3. The monoisotopic (exact) mass is 313 g/mol. The van der Waals surface area contributed by atoms with Gasteiger partial charge >= 0.3 is 5.97 Å². The summed E-state index contributed by atoms with van der Waals surface area (Å²) in [5, 5.41) is 9.33. The highest BCUT2D eigenvalue weighted by molar-refractivity contribution is 9.10. The first kappa shape index (κ1) is 13.3. The Kier molecular flexibility index (Phi) is 3.85. The predicted molar refractivity (Wildman–Crippen MR) is 71.5 cm³/mol. The molecule has 1 aliphatic rings. The van der Waals surface area contributed by atoms with Crippen molar-refractivity contribution in [2.45, 2.75) is 26.2 Å². The standard InChI is InChI=1S/C12H16BrN3O2/c1-2-12(10(17)18)3-5-16(6-4-12)11-14-7-9(13)8-15-11/h7-8H,2-6H2,1H3,(H,17,18). The molecule has 1 saturated heterocycles. The molecule has 2 heterocycles. The second kappa shape index (κ2) is 5.22. The van der Waals surface area contributed by atoms with E-state index in [1.807, 2.05) is 11.8 Å². The van der Waals surface area contributed by atoms with Crippen LogP contribution < -0.4 is 4.90 Å². The zero-order valence-electron chi connectivity index (χ0n) is 10.3. The normalized spacial score (nSPS) is 18.7. The van der Waals surface area contributed by atoms with Crippen molar-refractivity contribution in [2.24, 2.45) is 5.41 Å². The average Bonchev–Trinajstić information content (AvgIpc) is 2.39. The second-order valence-electron chi connectivity index (χ2n) is 4.63. The molecule has 0 spiro atoms. The van der Waals surface area contributed by atoms with Gasteiger partial charge in [0.15, 0.2) is 0 Å². The number of carboxylic acid groups (broad SMARTS) is 1. The van der Waals surface area contributed by atoms with Crippen LogP contribution >= 0.6 is 15.9 Å². The zero-order valence-corrected chi connectivity index (χ0v) is 11.9. The Morgan fingerprint density at radius 3 is 2.44 bits per heavy atom. The Morgan fingerprint density at radius 1 is 1.44 bits per heavy atom. The van der Waals surface area contributed by atoms with Crippen LogP contribution in [0.25, 0.3) is 0 Å². The van der Waals surface area contributed by atoms with Crippen molar-refractivity contribution >= 4 is 27.8 Å². The number of aliphatic carboxylic acids is 1. The minimum atomic E-state index is -0.679. The van der Waals surface area contributed by atoms with Crippen molar-refractivity contribution in [1.82, 2.24) is 9.97 Å². The Labute approximate surface area is 114 Å². The van der Waals surface area contributed by atoms with Gasteiger partial charge in [-0.1, -0.05) is 6.92 Å². The maximum Gasteiger partial charge on any atom is 0.309 e. The smallest absolute Gasteiger partial charge is 0.309 e. The van der Waals surface area contributed by atoms with Crippen LogP contribution in [-0.4, -0.2) is 34.1 Å². The number of anilines is 1. The van der Waals surface area contributed by atoms with Crippen molar-refractivity contribution in [1.29, 1.82) is 0 Å². The fourth-order valence-electron chi connectivity index (χ4n) is 2.32. The van der Waals surface area contributed by atoms with Crippen molar-refractivity contribution in [3.8, 4) is 0 Å². The molecular weight excluding hydrogens is 298 g/mol. The predicted octanol–water partition coefficient (Wildman–Crippen LogP) is 2.32. The Balaban J connectivity index is 2.06. The summed E-state index contributed by atoms with van der Waals surface area (Å²) in [5.74, 6) is -0.00494. The van der Waals surface area contributed by atoms with E-state index in [4.69, 9.17) is 0 Å². The first-order valence-electron chi connectivity index (χ1n) is 6.03. The molecule has 0 saturated carbocycles. The van der Waals surface area contributed by atoms with E-state index in [1.54, 1.807) is 12.4 Å². The second-order valence-corrected chi connectivity index (χ2v) is 5.54. The summed E-state index contributed by atoms with van der Waals surface area (Å²) in [5.41, 5.74) is -0.564. The van der Waals surface area contributed by atoms with Gasteiger partial charge in [0.05, 0.1) is 9.89 Å². The Morgan fingerprint density at radius 2 is 2.00 bits per heavy atom. The summed E-state index contributed by atoms with van der Waals surface area (Å²) < 4.78 is 0.844. The summed E-state index contributed by atoms with van der Waals surface area (Å²) in [6.45, 7) is 3.34. The first-order chi connectivity index (χ1) is 8.57. The molecular formula is C12H16BrN3O2. The first-order valence-corrected chi connectivity index (χ1v) is 6.82. The van der Waals surface area contributed by atoms with Crippen molar-refractivity contribution in [2.75, 3.05) is 18.0 Å². The maximum absolute atomic E-state index is 11.3. The van der Waals surface area contributed by atoms with Crippen LogP contribution in [0.1, 0.15) is 26.2 Å². The molecule has 98 valence electrons. The Bertz CT molecular complexity index is 427. The van der Waals surface area contributed by atoms with Crippen LogP contribution in [0.5, 0.6) is 0 Å². The molecule has 0 bridgehead atoms. The van der Waals surface area contributed by atoms with E-state index in [0.29, 0.717) is 38.3 Å². The van der Waals surface area contributed by atoms with Gasteiger partial charge in [0, 0.05) is 25.5 Å². The summed E-state index contributed by atoms with van der Waals surface area (Å²) in [4.78, 5) is 21.9. The number of halogens is 1. The van der Waals surface area contributed by atoms with Gasteiger partial charge in [0.2, 0.25) is 5.95 Å². The number of carboxylic acids is 1. The van der Waals surface area contributed by atoms with Crippen LogP contribution in [-0.2, 0) is 4.79 Å². The molecule has 0 amide bonds. The molecule has 1 aromatic heterocycles. The van der Waals surface area contributed by atoms with Crippen molar-refractivity contribution in [3.63, 3.8) is 0 Å². The highest BCUT2D eigenvalue weighted by Crippen LogP contribution is 2.35. The van der Waals surface area contributed by atoms with Crippen LogP contribution in [0.2, 0.25) is 0 Å². The molecule has 0 atom stereocenters. The van der Waals surface area contributed by atoms with Crippen LogP contribution in [0.3, 0.4) is 0 Å². The number of hydrogen-bond acceptors (Lipinski definition) is 4. The molecule has 0 unspecified atom stereocenters. The average molecular weight is 314 g/mol. The molecule has 1 N–H and O–H groups in total. The molecule has 0 aliphatic carbocycles. The number of aromatic nitrogens is 2. The van der Waals surface area contributed by atoms with Gasteiger partial charge in [-0.2, -0.15) is 0 Å². The Hall–Kier alpha value is -1.17. The van der Waals surface area contributed by atoms with E-state index in [-0.39, 0.29) is 0 Å². The summed E-state index contributed by atoms with van der Waals surface area (Å²) in [6.07, 6.45) is 5.40. The third-order valence-electron chi connectivity index (χ3n) is 3.74. The molecule has 2 rings (SSSR count). The summed E-state index contributed by atoms with van der Waals surface area (Å²) in [7, 11) is 0. The summed E-state index contributed by atoms with van der Waals surface area (Å²) >= 11 is 3.30. The molecule has 18 heavy (non-hydrogen) atoms. The van der Waals surface area contributed by atoms with E-state index in [9.17, 15) is 9.90 Å². The molecule has 1 aromatic rings. The lowest BCUT2D eigenvalue weighted by atomic mass is 9.76. The van der Waals surface area contributed by atoms with Crippen molar-refractivity contribution in [3.05, 3.63) is 16.9 Å². The fraction of sp³-hybridized carbons (Fsp3) is 0.583. The van der Waals surface area contributed by atoms with Gasteiger partial charge in [-0.3, -0.25) is 4.79 Å². The van der Waals surface area contributed by atoms with Gasteiger partial charge in [0.25, 0.3) is 0 Å². The number of hydrogen-bond donors (Lipinski definition) is 1. The quantitative estimate of drug-likeness (QED) is 0.927. The van der Waals surface area contributed by atoms with Crippen LogP contribution in [0.15, 0.2) is 16.9 Å². The lowest BCUT2D eigenvalue weighted by Crippen LogP contribution is -2.44. The van der Waals surface area contributed by atoms with E-state index in [2.05, 4.69) is 25.9 Å². The van der Waals surface area contributed by atoms with Crippen LogP contribution in [0.4, 0.5) is 5.95 Å². The topological polar surface area (TPSA) is 66.3 Å². The molecule has 1 aliphatic heterocycles. The fourth-order valence-corrected chi connectivity index (χ4v) is 2.53. The van der Waals surface area contributed by atoms with E-state index < -0.39 is 11.4 Å². The van der Waals surface area contributed by atoms with Gasteiger partial charge < -0.3 is 10.0 Å². The zero-order chi connectivity index (χ0) is 13.2. The van der Waals surface area contributed by atoms with E-state index in [0.717, 1.165) is 4.47 Å². The lowest BCUT2D eigenvalue weighted by Gasteiger charge is -2.38. The van der Waals surface area contributed by atoms with Gasteiger partial charge in [0.1, 0.15) is 0 Å². The molecule has 6 heteroatoms. The molecule has 0 aromatic carbocycles. The molecule has 0 radical (unpaired) electrons. The minimum absolute atomic E-state index is 0.564. The molecule has 1 fully saturated rings. The SMILES string of the molecule is CCC1(C(=O)O)CCN(c2ncc(Br)cn2)CC1. The van der Waals surface area contributed by atoms with E-state index in [1.165, 1.54) is 0 Å². The highest BCUT2D eigenvalue weighted by atomic mass is 79.9. The summed E-state index contributed by atoms with van der Waals surface area (Å²) in [6, 6.07) is 0.